The van der Waals surface area contributed by atoms with Gasteiger partial charge in [-0.15, -0.1) is 0 Å². The topological polar surface area (TPSA) is 78.5 Å². The van der Waals surface area contributed by atoms with Crippen molar-refractivity contribution in [2.75, 3.05) is 24.2 Å². The fraction of sp³-hybridized carbons (Fsp3) is 0.471. The lowest BCUT2D eigenvalue weighted by Gasteiger charge is -2.12. The summed E-state index contributed by atoms with van der Waals surface area (Å²) in [6, 6.07) is 6.98. The average molecular weight is 317 g/mol. The Balaban J connectivity index is 1.89. The van der Waals surface area contributed by atoms with Gasteiger partial charge in [0, 0.05) is 37.8 Å². The van der Waals surface area contributed by atoms with Crippen molar-refractivity contribution in [3.8, 4) is 0 Å². The van der Waals surface area contributed by atoms with Crippen LogP contribution in [0.2, 0.25) is 0 Å². The molecule has 1 aromatic rings. The molecule has 0 saturated carbocycles. The first-order chi connectivity index (χ1) is 10.8. The third-order valence-electron chi connectivity index (χ3n) is 3.74. The fourth-order valence-corrected chi connectivity index (χ4v) is 2.50. The highest BCUT2D eigenvalue weighted by Crippen LogP contribution is 2.20. The van der Waals surface area contributed by atoms with Gasteiger partial charge >= 0.3 is 0 Å². The summed E-state index contributed by atoms with van der Waals surface area (Å²) in [6.45, 7) is 4.43. The van der Waals surface area contributed by atoms with Crippen molar-refractivity contribution in [1.82, 2.24) is 4.90 Å². The van der Waals surface area contributed by atoms with Crippen LogP contribution in [0.15, 0.2) is 24.3 Å². The molecule has 6 heteroatoms. The molecule has 2 N–H and O–H groups in total. The van der Waals surface area contributed by atoms with Crippen LogP contribution in [0, 0.1) is 11.8 Å². The zero-order valence-corrected chi connectivity index (χ0v) is 13.8. The molecule has 1 aliphatic heterocycles. The minimum Gasteiger partial charge on any atom is -0.345 e. The van der Waals surface area contributed by atoms with Gasteiger partial charge in [0.2, 0.25) is 17.7 Å². The van der Waals surface area contributed by atoms with E-state index in [9.17, 15) is 14.4 Å². The number of nitrogens with zero attached hydrogens (tertiary/aromatic N) is 1. The number of hydrogen-bond acceptors (Lipinski definition) is 3. The third-order valence-corrected chi connectivity index (χ3v) is 3.74. The molecule has 1 aromatic carbocycles. The van der Waals surface area contributed by atoms with Crippen LogP contribution in [-0.2, 0) is 14.4 Å². The number of hydrogen-bond donors (Lipinski definition) is 2. The molecule has 23 heavy (non-hydrogen) atoms. The highest BCUT2D eigenvalue weighted by molar-refractivity contribution is 5.97. The molecule has 0 bridgehead atoms. The van der Waals surface area contributed by atoms with E-state index in [-0.39, 0.29) is 30.1 Å². The molecule has 6 nitrogen and oxygen atoms in total. The maximum atomic E-state index is 12.1. The molecule has 0 spiro atoms. The van der Waals surface area contributed by atoms with Crippen LogP contribution in [0.3, 0.4) is 0 Å². The van der Waals surface area contributed by atoms with Crippen LogP contribution < -0.4 is 10.6 Å². The zero-order chi connectivity index (χ0) is 17.0. The second kappa shape index (κ2) is 7.26. The van der Waals surface area contributed by atoms with Crippen molar-refractivity contribution in [3.63, 3.8) is 0 Å². The van der Waals surface area contributed by atoms with Crippen molar-refractivity contribution in [1.29, 1.82) is 0 Å². The van der Waals surface area contributed by atoms with Gasteiger partial charge in [0.1, 0.15) is 0 Å². The first-order valence-corrected chi connectivity index (χ1v) is 7.80. The molecular formula is C17H23N3O3. The summed E-state index contributed by atoms with van der Waals surface area (Å²) in [5.41, 5.74) is 1.35. The number of anilines is 2. The zero-order valence-electron chi connectivity index (χ0n) is 13.8. The van der Waals surface area contributed by atoms with E-state index in [2.05, 4.69) is 10.6 Å². The number of carbonyl (C=O) groups excluding carboxylic acids is 3. The van der Waals surface area contributed by atoms with Gasteiger partial charge in [-0.05, 0) is 30.2 Å². The Hall–Kier alpha value is -2.37. The van der Waals surface area contributed by atoms with Gasteiger partial charge in [0.15, 0.2) is 0 Å². The van der Waals surface area contributed by atoms with E-state index in [1.54, 1.807) is 36.2 Å². The molecule has 3 amide bonds. The normalized spacial score (nSPS) is 17.5. The number of amides is 3. The Kier molecular flexibility index (Phi) is 5.36. The largest absolute Gasteiger partial charge is 0.345 e. The Morgan fingerprint density at radius 3 is 2.22 bits per heavy atom. The van der Waals surface area contributed by atoms with Gasteiger partial charge in [-0.25, -0.2) is 0 Å². The molecule has 0 aliphatic carbocycles. The Morgan fingerprint density at radius 2 is 1.74 bits per heavy atom. The number of carbonyl (C=O) groups is 3. The average Bonchev–Trinajstić information content (AvgIpc) is 2.80. The van der Waals surface area contributed by atoms with E-state index in [1.165, 1.54) is 0 Å². The molecular weight excluding hydrogens is 294 g/mol. The number of rotatable bonds is 5. The maximum Gasteiger partial charge on any atom is 0.229 e. The standard InChI is InChI=1S/C17H23N3O3/c1-11(2)8-15(21)18-13-4-6-14(7-5-13)19-17(23)12-9-16(22)20(3)10-12/h4-7,11-12H,8-10H2,1-3H3,(H,18,21)(H,19,23). The lowest BCUT2D eigenvalue weighted by molar-refractivity contribution is -0.127. The predicted molar refractivity (Wildman–Crippen MR) is 88.9 cm³/mol. The lowest BCUT2D eigenvalue weighted by Crippen LogP contribution is -2.25. The molecule has 1 saturated heterocycles. The van der Waals surface area contributed by atoms with Crippen LogP contribution in [0.25, 0.3) is 0 Å². The van der Waals surface area contributed by atoms with Crippen molar-refractivity contribution < 1.29 is 14.4 Å². The smallest absolute Gasteiger partial charge is 0.229 e. The van der Waals surface area contributed by atoms with Crippen LogP contribution in [0.5, 0.6) is 0 Å². The second-order valence-electron chi connectivity index (χ2n) is 6.39. The summed E-state index contributed by atoms with van der Waals surface area (Å²) in [6.07, 6.45) is 0.730. The van der Waals surface area contributed by atoms with Crippen molar-refractivity contribution >= 4 is 29.1 Å². The van der Waals surface area contributed by atoms with E-state index in [0.717, 1.165) is 0 Å². The monoisotopic (exact) mass is 317 g/mol. The summed E-state index contributed by atoms with van der Waals surface area (Å²) >= 11 is 0. The highest BCUT2D eigenvalue weighted by Gasteiger charge is 2.32. The first kappa shape index (κ1) is 17.0. The van der Waals surface area contributed by atoms with Crippen LogP contribution >= 0.6 is 0 Å². The van der Waals surface area contributed by atoms with Crippen molar-refractivity contribution in [2.24, 2.45) is 11.8 Å². The minimum atomic E-state index is -0.307. The van der Waals surface area contributed by atoms with Gasteiger partial charge in [0.25, 0.3) is 0 Å². The van der Waals surface area contributed by atoms with Crippen molar-refractivity contribution in [3.05, 3.63) is 24.3 Å². The van der Waals surface area contributed by atoms with E-state index >= 15 is 0 Å². The van der Waals surface area contributed by atoms with Crippen molar-refractivity contribution in [2.45, 2.75) is 26.7 Å². The molecule has 0 aromatic heterocycles. The fourth-order valence-electron chi connectivity index (χ4n) is 2.50. The lowest BCUT2D eigenvalue weighted by atomic mass is 10.1. The van der Waals surface area contributed by atoms with E-state index in [1.807, 2.05) is 13.8 Å². The van der Waals surface area contributed by atoms with E-state index in [0.29, 0.717) is 30.3 Å². The third kappa shape index (κ3) is 4.81. The predicted octanol–water partition coefficient (Wildman–Crippen LogP) is 2.09. The summed E-state index contributed by atoms with van der Waals surface area (Å²) in [5, 5.41) is 5.62. The molecule has 1 atom stereocenters. The molecule has 124 valence electrons. The van der Waals surface area contributed by atoms with Crippen LogP contribution in [-0.4, -0.2) is 36.2 Å². The van der Waals surface area contributed by atoms with Gasteiger partial charge < -0.3 is 15.5 Å². The van der Waals surface area contributed by atoms with Gasteiger partial charge in [-0.1, -0.05) is 13.8 Å². The van der Waals surface area contributed by atoms with Gasteiger partial charge in [-0.3, -0.25) is 14.4 Å². The molecule has 1 fully saturated rings. The van der Waals surface area contributed by atoms with E-state index < -0.39 is 0 Å². The molecule has 0 radical (unpaired) electrons. The quantitative estimate of drug-likeness (QED) is 0.873. The molecule has 1 aliphatic rings. The maximum absolute atomic E-state index is 12.1. The molecule has 1 unspecified atom stereocenters. The summed E-state index contributed by atoms with van der Waals surface area (Å²) in [5.74, 6) is -0.185. The number of likely N-dealkylation sites (tertiary alicyclic amines) is 1. The summed E-state index contributed by atoms with van der Waals surface area (Å²) in [4.78, 5) is 36.9. The summed E-state index contributed by atoms with van der Waals surface area (Å²) in [7, 11) is 1.70. The number of nitrogens with one attached hydrogen (secondary N) is 2. The van der Waals surface area contributed by atoms with Gasteiger partial charge in [-0.2, -0.15) is 0 Å². The first-order valence-electron chi connectivity index (χ1n) is 7.80. The Bertz CT molecular complexity index is 596. The molecule has 2 rings (SSSR count). The Morgan fingerprint density at radius 1 is 1.17 bits per heavy atom. The van der Waals surface area contributed by atoms with Crippen LogP contribution in [0.4, 0.5) is 11.4 Å². The minimum absolute atomic E-state index is 0.00615. The van der Waals surface area contributed by atoms with E-state index in [4.69, 9.17) is 0 Å². The number of benzene rings is 1. The highest BCUT2D eigenvalue weighted by atomic mass is 16.2. The second-order valence-corrected chi connectivity index (χ2v) is 6.39. The molecule has 1 heterocycles. The Labute approximate surface area is 136 Å². The van der Waals surface area contributed by atoms with Gasteiger partial charge in [0.05, 0.1) is 5.92 Å². The summed E-state index contributed by atoms with van der Waals surface area (Å²) < 4.78 is 0. The van der Waals surface area contributed by atoms with Crippen LogP contribution in [0.1, 0.15) is 26.7 Å². The SMILES string of the molecule is CC(C)CC(=O)Nc1ccc(NC(=O)C2CC(=O)N(C)C2)cc1.